The van der Waals surface area contributed by atoms with Crippen LogP contribution in [0, 0.1) is 18.3 Å². The van der Waals surface area contributed by atoms with Crippen molar-refractivity contribution in [2.75, 3.05) is 17.6 Å². The molecule has 0 saturated carbocycles. The molecule has 0 saturated heterocycles. The lowest BCUT2D eigenvalue weighted by Gasteiger charge is -2.08. The van der Waals surface area contributed by atoms with Crippen molar-refractivity contribution in [2.24, 2.45) is 0 Å². The lowest BCUT2D eigenvalue weighted by atomic mass is 10.1. The number of benzene rings is 1. The van der Waals surface area contributed by atoms with Gasteiger partial charge in [-0.2, -0.15) is 5.26 Å². The molecule has 1 heterocycles. The Kier molecular flexibility index (Phi) is 3.99. The Morgan fingerprint density at radius 2 is 2.00 bits per heavy atom. The van der Waals surface area contributed by atoms with Crippen LogP contribution in [0.1, 0.15) is 16.7 Å². The topological polar surface area (TPSA) is 74.7 Å². The van der Waals surface area contributed by atoms with E-state index in [1.165, 1.54) is 5.56 Å². The average molecular weight is 252 g/mol. The summed E-state index contributed by atoms with van der Waals surface area (Å²) < 4.78 is 0. The van der Waals surface area contributed by atoms with Gasteiger partial charge in [0, 0.05) is 18.4 Å². The second kappa shape index (κ2) is 5.87. The van der Waals surface area contributed by atoms with Crippen molar-refractivity contribution in [3.8, 4) is 6.07 Å². The number of nitriles is 1. The first-order valence-electron chi connectivity index (χ1n) is 6.14. The largest absolute Gasteiger partial charge is 0.399 e. The summed E-state index contributed by atoms with van der Waals surface area (Å²) in [6, 6.07) is 11.8. The van der Waals surface area contributed by atoms with Crippen molar-refractivity contribution >= 4 is 11.5 Å². The quantitative estimate of drug-likeness (QED) is 0.820. The summed E-state index contributed by atoms with van der Waals surface area (Å²) >= 11 is 0. The Labute approximate surface area is 112 Å². The van der Waals surface area contributed by atoms with Gasteiger partial charge in [-0.15, -0.1) is 0 Å². The third kappa shape index (κ3) is 3.23. The van der Waals surface area contributed by atoms with Crippen molar-refractivity contribution in [3.05, 3.63) is 53.2 Å². The smallest absolute Gasteiger partial charge is 0.144 e. The van der Waals surface area contributed by atoms with E-state index >= 15 is 0 Å². The number of nitrogens with two attached hydrogens (primary N) is 1. The molecule has 3 N–H and O–H groups in total. The van der Waals surface area contributed by atoms with Gasteiger partial charge in [0.05, 0.1) is 5.56 Å². The highest BCUT2D eigenvalue weighted by Gasteiger charge is 2.05. The summed E-state index contributed by atoms with van der Waals surface area (Å²) in [5.41, 5.74) is 9.16. The number of aromatic nitrogens is 1. The fraction of sp³-hybridized carbons (Fsp3) is 0.200. The predicted molar refractivity (Wildman–Crippen MR) is 76.7 cm³/mol. The van der Waals surface area contributed by atoms with E-state index in [2.05, 4.69) is 16.4 Å². The highest BCUT2D eigenvalue weighted by molar-refractivity contribution is 5.55. The van der Waals surface area contributed by atoms with Crippen molar-refractivity contribution in [2.45, 2.75) is 13.3 Å². The molecule has 1 aromatic heterocycles. The SMILES string of the molecule is Cc1ccnc(NCCc2ccc(N)cc2)c1C#N. The lowest BCUT2D eigenvalue weighted by molar-refractivity contribution is 1.00. The van der Waals surface area contributed by atoms with Gasteiger partial charge in [0.1, 0.15) is 11.9 Å². The number of nitrogens with one attached hydrogen (secondary N) is 1. The summed E-state index contributed by atoms with van der Waals surface area (Å²) in [7, 11) is 0. The number of hydrogen-bond acceptors (Lipinski definition) is 4. The van der Waals surface area contributed by atoms with E-state index in [1.807, 2.05) is 37.3 Å². The Morgan fingerprint density at radius 3 is 2.68 bits per heavy atom. The number of hydrogen-bond donors (Lipinski definition) is 2. The van der Waals surface area contributed by atoms with E-state index in [4.69, 9.17) is 11.0 Å². The molecule has 0 fully saturated rings. The van der Waals surface area contributed by atoms with Crippen LogP contribution < -0.4 is 11.1 Å². The number of aryl methyl sites for hydroxylation is 1. The van der Waals surface area contributed by atoms with Crippen molar-refractivity contribution < 1.29 is 0 Å². The molecule has 96 valence electrons. The van der Waals surface area contributed by atoms with Gasteiger partial charge in [0.15, 0.2) is 0 Å². The zero-order valence-electron chi connectivity index (χ0n) is 10.9. The Balaban J connectivity index is 1.98. The molecule has 0 amide bonds. The third-order valence-corrected chi connectivity index (χ3v) is 2.96. The van der Waals surface area contributed by atoms with Crippen LogP contribution in [-0.2, 0) is 6.42 Å². The molecule has 2 rings (SSSR count). The maximum atomic E-state index is 9.10. The first-order valence-corrected chi connectivity index (χ1v) is 6.14. The summed E-state index contributed by atoms with van der Waals surface area (Å²) in [5.74, 6) is 0.651. The monoisotopic (exact) mass is 252 g/mol. The van der Waals surface area contributed by atoms with Gasteiger partial charge >= 0.3 is 0 Å². The van der Waals surface area contributed by atoms with Crippen LogP contribution in [-0.4, -0.2) is 11.5 Å². The first-order chi connectivity index (χ1) is 9.20. The number of pyridine rings is 1. The minimum atomic E-state index is 0.611. The zero-order valence-corrected chi connectivity index (χ0v) is 10.9. The second-order valence-electron chi connectivity index (χ2n) is 4.38. The first kappa shape index (κ1) is 12.9. The molecule has 19 heavy (non-hydrogen) atoms. The lowest BCUT2D eigenvalue weighted by Crippen LogP contribution is -2.08. The van der Waals surface area contributed by atoms with E-state index in [-0.39, 0.29) is 0 Å². The van der Waals surface area contributed by atoms with Crippen LogP contribution in [0.4, 0.5) is 11.5 Å². The highest BCUT2D eigenvalue weighted by atomic mass is 15.0. The van der Waals surface area contributed by atoms with E-state index in [0.29, 0.717) is 11.4 Å². The molecular formula is C15H16N4. The van der Waals surface area contributed by atoms with E-state index in [0.717, 1.165) is 24.2 Å². The number of nitrogen functional groups attached to an aromatic ring is 1. The third-order valence-electron chi connectivity index (χ3n) is 2.96. The van der Waals surface area contributed by atoms with Crippen molar-refractivity contribution in [1.82, 2.24) is 4.98 Å². The maximum Gasteiger partial charge on any atom is 0.144 e. The van der Waals surface area contributed by atoms with Gasteiger partial charge in [0.25, 0.3) is 0 Å². The normalized spacial score (nSPS) is 9.89. The number of nitrogens with zero attached hydrogens (tertiary/aromatic N) is 2. The molecule has 0 spiro atoms. The molecule has 0 bridgehead atoms. The molecule has 0 unspecified atom stereocenters. The van der Waals surface area contributed by atoms with Crippen molar-refractivity contribution in [1.29, 1.82) is 5.26 Å². The highest BCUT2D eigenvalue weighted by Crippen LogP contribution is 2.15. The molecule has 4 heteroatoms. The molecular weight excluding hydrogens is 236 g/mol. The van der Waals surface area contributed by atoms with Crippen LogP contribution in [0.15, 0.2) is 36.5 Å². The second-order valence-corrected chi connectivity index (χ2v) is 4.38. The summed E-state index contributed by atoms with van der Waals surface area (Å²) in [6.45, 7) is 2.64. The molecule has 0 aliphatic heterocycles. The number of anilines is 2. The minimum Gasteiger partial charge on any atom is -0.399 e. The van der Waals surface area contributed by atoms with E-state index in [9.17, 15) is 0 Å². The van der Waals surface area contributed by atoms with Crippen LogP contribution in [0.2, 0.25) is 0 Å². The van der Waals surface area contributed by atoms with Gasteiger partial charge < -0.3 is 11.1 Å². The van der Waals surface area contributed by atoms with Crippen LogP contribution in [0.25, 0.3) is 0 Å². The van der Waals surface area contributed by atoms with E-state index < -0.39 is 0 Å². The molecule has 0 aliphatic carbocycles. The molecule has 1 aromatic carbocycles. The van der Waals surface area contributed by atoms with Crippen LogP contribution in [0.3, 0.4) is 0 Å². The van der Waals surface area contributed by atoms with Gasteiger partial charge in [-0.25, -0.2) is 4.98 Å². The average Bonchev–Trinajstić information content (AvgIpc) is 2.41. The Hall–Kier alpha value is -2.54. The predicted octanol–water partition coefficient (Wildman–Crippen LogP) is 2.50. The molecule has 0 atom stereocenters. The Bertz CT molecular complexity index is 597. The van der Waals surface area contributed by atoms with Crippen molar-refractivity contribution in [3.63, 3.8) is 0 Å². The van der Waals surface area contributed by atoms with Crippen LogP contribution in [0.5, 0.6) is 0 Å². The van der Waals surface area contributed by atoms with Crippen LogP contribution >= 0.6 is 0 Å². The fourth-order valence-corrected chi connectivity index (χ4v) is 1.84. The number of rotatable bonds is 4. The molecule has 0 radical (unpaired) electrons. The summed E-state index contributed by atoms with van der Waals surface area (Å²) in [5, 5.41) is 12.3. The Morgan fingerprint density at radius 1 is 1.26 bits per heavy atom. The summed E-state index contributed by atoms with van der Waals surface area (Å²) in [6.07, 6.45) is 2.57. The zero-order chi connectivity index (χ0) is 13.7. The fourth-order valence-electron chi connectivity index (χ4n) is 1.84. The molecule has 0 aliphatic rings. The molecule has 2 aromatic rings. The van der Waals surface area contributed by atoms with Gasteiger partial charge in [-0.1, -0.05) is 12.1 Å². The maximum absolute atomic E-state index is 9.10. The van der Waals surface area contributed by atoms with Gasteiger partial charge in [-0.3, -0.25) is 0 Å². The molecule has 4 nitrogen and oxygen atoms in total. The standard InChI is InChI=1S/C15H16N4/c1-11-6-8-18-15(14(11)10-16)19-9-7-12-2-4-13(17)5-3-12/h2-6,8H,7,9,17H2,1H3,(H,18,19). The minimum absolute atomic E-state index is 0.611. The van der Waals surface area contributed by atoms with Gasteiger partial charge in [-0.05, 0) is 42.7 Å². The van der Waals surface area contributed by atoms with E-state index in [1.54, 1.807) is 6.20 Å². The van der Waals surface area contributed by atoms with Gasteiger partial charge in [0.2, 0.25) is 0 Å². The summed E-state index contributed by atoms with van der Waals surface area (Å²) in [4.78, 5) is 4.20.